The average Bonchev–Trinajstić information content (AvgIpc) is 2.84. The molecule has 7 nitrogen and oxygen atoms in total. The Bertz CT molecular complexity index is 1100. The van der Waals surface area contributed by atoms with Crippen LogP contribution >= 0.6 is 0 Å². The number of hydrogen-bond donors (Lipinski definition) is 2. The second-order valence-electron chi connectivity index (χ2n) is 7.99. The first-order valence-corrected chi connectivity index (χ1v) is 11.2. The Morgan fingerprint density at radius 3 is 2.26 bits per heavy atom. The Balaban J connectivity index is 1.48. The van der Waals surface area contributed by atoms with E-state index in [1.807, 2.05) is 55.5 Å². The van der Waals surface area contributed by atoms with Gasteiger partial charge in [-0.05, 0) is 54.3 Å². The number of para-hydroxylation sites is 2. The maximum atomic E-state index is 12.6. The van der Waals surface area contributed by atoms with Gasteiger partial charge >= 0.3 is 0 Å². The summed E-state index contributed by atoms with van der Waals surface area (Å²) in [5.41, 5.74) is 7.15. The number of benzene rings is 3. The molecule has 178 valence electrons. The lowest BCUT2D eigenvalue weighted by molar-refractivity contribution is -0.123. The number of amides is 2. The van der Waals surface area contributed by atoms with E-state index >= 15 is 0 Å². The fourth-order valence-electron chi connectivity index (χ4n) is 3.22. The third kappa shape index (κ3) is 7.27. The van der Waals surface area contributed by atoms with E-state index in [1.54, 1.807) is 24.3 Å². The van der Waals surface area contributed by atoms with Crippen molar-refractivity contribution >= 4 is 11.8 Å². The highest BCUT2D eigenvalue weighted by molar-refractivity contribution is 5.97. The van der Waals surface area contributed by atoms with Crippen LogP contribution in [-0.2, 0) is 4.79 Å². The zero-order valence-electron chi connectivity index (χ0n) is 19.7. The standard InChI is InChI=1S/C27H30N2O5/c1-19(2)22-14-13-20(3)17-25(22)34-18-26(30)28-29-27(31)23-11-7-8-12-24(23)33-16-15-32-21-9-5-4-6-10-21/h4-14,17,19H,15-16,18H2,1-3H3,(H,28,30)(H,29,31). The number of ether oxygens (including phenoxy) is 3. The second kappa shape index (κ2) is 12.3. The predicted molar refractivity (Wildman–Crippen MR) is 130 cm³/mol. The number of hydrogen-bond acceptors (Lipinski definition) is 5. The fraction of sp³-hybridized carbons (Fsp3) is 0.259. The summed E-state index contributed by atoms with van der Waals surface area (Å²) >= 11 is 0. The molecule has 0 saturated carbocycles. The van der Waals surface area contributed by atoms with Gasteiger partial charge in [0.25, 0.3) is 11.8 Å². The summed E-state index contributed by atoms with van der Waals surface area (Å²) in [6.45, 7) is 6.44. The fourth-order valence-corrected chi connectivity index (χ4v) is 3.22. The number of carbonyl (C=O) groups excluding carboxylic acids is 2. The summed E-state index contributed by atoms with van der Waals surface area (Å²) < 4.78 is 17.0. The molecule has 0 aromatic heterocycles. The second-order valence-corrected chi connectivity index (χ2v) is 7.99. The van der Waals surface area contributed by atoms with Crippen molar-refractivity contribution in [1.29, 1.82) is 0 Å². The van der Waals surface area contributed by atoms with Gasteiger partial charge in [-0.2, -0.15) is 0 Å². The Hall–Kier alpha value is -4.00. The van der Waals surface area contributed by atoms with Gasteiger partial charge in [0.1, 0.15) is 30.5 Å². The van der Waals surface area contributed by atoms with E-state index in [4.69, 9.17) is 14.2 Å². The summed E-state index contributed by atoms with van der Waals surface area (Å²) in [7, 11) is 0. The molecular weight excluding hydrogens is 432 g/mol. The van der Waals surface area contributed by atoms with E-state index in [0.29, 0.717) is 23.7 Å². The van der Waals surface area contributed by atoms with Crippen molar-refractivity contribution in [2.45, 2.75) is 26.7 Å². The van der Waals surface area contributed by atoms with Crippen LogP contribution < -0.4 is 25.1 Å². The number of aryl methyl sites for hydroxylation is 1. The van der Waals surface area contributed by atoms with Crippen LogP contribution in [-0.4, -0.2) is 31.6 Å². The van der Waals surface area contributed by atoms with Gasteiger partial charge in [0.2, 0.25) is 0 Å². The monoisotopic (exact) mass is 462 g/mol. The van der Waals surface area contributed by atoms with Gasteiger partial charge < -0.3 is 14.2 Å². The molecule has 0 bridgehead atoms. The third-order valence-corrected chi connectivity index (χ3v) is 4.95. The summed E-state index contributed by atoms with van der Waals surface area (Å²) in [6.07, 6.45) is 0. The van der Waals surface area contributed by atoms with Crippen molar-refractivity contribution < 1.29 is 23.8 Å². The molecule has 0 aliphatic carbocycles. The molecule has 3 rings (SSSR count). The zero-order chi connectivity index (χ0) is 24.3. The first kappa shape index (κ1) is 24.6. The van der Waals surface area contributed by atoms with Crippen molar-refractivity contribution in [2.75, 3.05) is 19.8 Å². The summed E-state index contributed by atoms with van der Waals surface area (Å²) in [5, 5.41) is 0. The van der Waals surface area contributed by atoms with Gasteiger partial charge in [0.05, 0.1) is 5.56 Å². The Morgan fingerprint density at radius 2 is 1.50 bits per heavy atom. The van der Waals surface area contributed by atoms with E-state index in [0.717, 1.165) is 16.9 Å². The van der Waals surface area contributed by atoms with Crippen LogP contribution in [0.2, 0.25) is 0 Å². The minimum absolute atomic E-state index is 0.224. The normalized spacial score (nSPS) is 10.5. The van der Waals surface area contributed by atoms with Crippen LogP contribution in [0.4, 0.5) is 0 Å². The molecule has 0 heterocycles. The molecule has 34 heavy (non-hydrogen) atoms. The molecule has 2 amide bonds. The zero-order valence-corrected chi connectivity index (χ0v) is 19.7. The van der Waals surface area contributed by atoms with Crippen LogP contribution in [0.1, 0.15) is 41.3 Å². The maximum Gasteiger partial charge on any atom is 0.276 e. The molecule has 0 radical (unpaired) electrons. The van der Waals surface area contributed by atoms with Crippen LogP contribution in [0.25, 0.3) is 0 Å². The van der Waals surface area contributed by atoms with Gasteiger partial charge in [0.15, 0.2) is 6.61 Å². The highest BCUT2D eigenvalue weighted by atomic mass is 16.5. The number of hydrazine groups is 1. The molecule has 7 heteroatoms. The van der Waals surface area contributed by atoms with Crippen molar-refractivity contribution in [3.8, 4) is 17.2 Å². The molecule has 0 aliphatic rings. The largest absolute Gasteiger partial charge is 0.490 e. The smallest absolute Gasteiger partial charge is 0.276 e. The topological polar surface area (TPSA) is 85.9 Å². The van der Waals surface area contributed by atoms with E-state index < -0.39 is 11.8 Å². The van der Waals surface area contributed by atoms with Gasteiger partial charge in [-0.25, -0.2) is 0 Å². The Morgan fingerprint density at radius 1 is 0.794 bits per heavy atom. The summed E-state index contributed by atoms with van der Waals surface area (Å²) in [5.74, 6) is 1.09. The van der Waals surface area contributed by atoms with Crippen LogP contribution in [0, 0.1) is 6.92 Å². The van der Waals surface area contributed by atoms with E-state index in [9.17, 15) is 9.59 Å². The Labute approximate surface area is 200 Å². The molecular formula is C27H30N2O5. The van der Waals surface area contributed by atoms with Gasteiger partial charge in [-0.3, -0.25) is 20.4 Å². The van der Waals surface area contributed by atoms with Gasteiger partial charge in [-0.15, -0.1) is 0 Å². The van der Waals surface area contributed by atoms with E-state index in [-0.39, 0.29) is 19.1 Å². The minimum atomic E-state index is -0.494. The molecule has 0 spiro atoms. The molecule has 0 fully saturated rings. The van der Waals surface area contributed by atoms with Crippen LogP contribution in [0.15, 0.2) is 72.8 Å². The third-order valence-electron chi connectivity index (χ3n) is 4.95. The van der Waals surface area contributed by atoms with Crippen molar-refractivity contribution in [1.82, 2.24) is 10.9 Å². The molecule has 0 aliphatic heterocycles. The lowest BCUT2D eigenvalue weighted by Crippen LogP contribution is -2.44. The SMILES string of the molecule is Cc1ccc(C(C)C)c(OCC(=O)NNC(=O)c2ccccc2OCCOc2ccccc2)c1. The van der Waals surface area contributed by atoms with Gasteiger partial charge in [-0.1, -0.05) is 56.3 Å². The van der Waals surface area contributed by atoms with Crippen molar-refractivity contribution in [3.63, 3.8) is 0 Å². The van der Waals surface area contributed by atoms with E-state index in [2.05, 4.69) is 24.7 Å². The van der Waals surface area contributed by atoms with Crippen molar-refractivity contribution in [2.24, 2.45) is 0 Å². The van der Waals surface area contributed by atoms with Crippen LogP contribution in [0.5, 0.6) is 17.2 Å². The average molecular weight is 463 g/mol. The van der Waals surface area contributed by atoms with E-state index in [1.165, 1.54) is 0 Å². The highest BCUT2D eigenvalue weighted by Gasteiger charge is 2.14. The molecule has 2 N–H and O–H groups in total. The predicted octanol–water partition coefficient (Wildman–Crippen LogP) is 4.42. The quantitative estimate of drug-likeness (QED) is 0.344. The lowest BCUT2D eigenvalue weighted by atomic mass is 10.0. The van der Waals surface area contributed by atoms with Gasteiger partial charge in [0, 0.05) is 0 Å². The number of nitrogens with one attached hydrogen (secondary N) is 2. The number of rotatable bonds is 10. The lowest BCUT2D eigenvalue weighted by Gasteiger charge is -2.15. The maximum absolute atomic E-state index is 12.6. The van der Waals surface area contributed by atoms with Crippen molar-refractivity contribution in [3.05, 3.63) is 89.5 Å². The molecule has 0 saturated heterocycles. The Kier molecular flexibility index (Phi) is 8.91. The summed E-state index contributed by atoms with van der Waals surface area (Å²) in [4.78, 5) is 24.9. The first-order valence-electron chi connectivity index (χ1n) is 11.2. The molecule has 3 aromatic carbocycles. The molecule has 3 aromatic rings. The number of carbonyl (C=O) groups is 2. The first-order chi connectivity index (χ1) is 16.4. The summed E-state index contributed by atoms with van der Waals surface area (Å²) in [6, 6.07) is 22.1. The minimum Gasteiger partial charge on any atom is -0.490 e. The highest BCUT2D eigenvalue weighted by Crippen LogP contribution is 2.27. The van der Waals surface area contributed by atoms with Crippen LogP contribution in [0.3, 0.4) is 0 Å². The molecule has 0 unspecified atom stereocenters. The molecule has 0 atom stereocenters.